The van der Waals surface area contributed by atoms with Gasteiger partial charge < -0.3 is 60.4 Å². The average Bonchev–Trinajstić information content (AvgIpc) is 1.84. The van der Waals surface area contributed by atoms with Crippen LogP contribution >= 0.6 is 0 Å². The Hall–Kier alpha value is -13.2. The summed E-state index contributed by atoms with van der Waals surface area (Å²) in [5.74, 6) is -6.05. The standard InChI is InChI=1S/C15H10N.C13H9F3N.C12H10N.2C11H6F2N.C11H8N.C8H4F3N4.2C6H5NO2.2C5H8O2.6Ir/c1-2-7-13(8-3-1)15-14-9-5-4-6-12(14)10-11-16-15;1-9-6-10(12-4-2-3-5-17-12)8-11(7-9)13(14,15)16;1-10-5-7-11(8-6-10)12-4-2-3-9-13-12;2*12-8-4-5-9(10(13)7-8)11-3-1-2-6-14-11;1-2-6-10(7-3-1)11-8-4-5-9-12-11;9-8(10,11)7-13-6(14-15-7)5-3-1-2-4-12-5;2*8-6(9)5-3-1-2-4-7-5;2*1-4(6)3-5(2)7;;;;;;/h1-7,9-11H;2-7H,1H3;2-7,9H,1H3;2*1-4,6-7H;1-6,8-9H;1-4H;2*1-4H,(H,8,9);2*3,6H,1-2H3;;;;;;/q7*-1;;;;;;;;;;. The molecule has 0 bridgehead atoms. The van der Waals surface area contributed by atoms with Crippen LogP contribution in [0, 0.1) is 73.5 Å². The summed E-state index contributed by atoms with van der Waals surface area (Å²) >= 11 is 0. The second-order valence-electron chi connectivity index (χ2n) is 26.9. The summed E-state index contributed by atoms with van der Waals surface area (Å²) in [6.45, 7) is 9.37. The second kappa shape index (κ2) is 66.4. The number of carboxylic acids is 2. The first-order valence-corrected chi connectivity index (χ1v) is 39.3. The summed E-state index contributed by atoms with van der Waals surface area (Å²) in [7, 11) is 0. The van der Waals surface area contributed by atoms with Crippen LogP contribution in [0.25, 0.3) is 89.8 Å². The van der Waals surface area contributed by atoms with E-state index < -0.39 is 58.9 Å². The predicted octanol–water partition coefficient (Wildman–Crippen LogP) is 23.8. The number of aromatic carboxylic acids is 2. The van der Waals surface area contributed by atoms with E-state index in [2.05, 4.69) is 122 Å². The van der Waals surface area contributed by atoms with Crippen LogP contribution < -0.4 is 5.10 Å². The number of aliphatic hydroxyl groups is 2. The number of carboxylic acid groups (broad SMARTS) is 2. The number of hydrogen-bond donors (Lipinski definition) is 4. The van der Waals surface area contributed by atoms with Crippen molar-refractivity contribution in [3.05, 3.63) is 452 Å². The van der Waals surface area contributed by atoms with E-state index in [1.165, 1.54) is 93.0 Å². The number of ketones is 2. The summed E-state index contributed by atoms with van der Waals surface area (Å²) in [4.78, 5) is 79.3. The maximum absolute atomic E-state index is 13.2. The maximum atomic E-state index is 13.2. The Kier molecular flexibility index (Phi) is 59.1. The summed E-state index contributed by atoms with van der Waals surface area (Å²) < 4.78 is 126. The van der Waals surface area contributed by atoms with Crippen LogP contribution in [0.5, 0.6) is 0 Å². The molecule has 17 rings (SSSR count). The molecule has 20 nitrogen and oxygen atoms in total. The van der Waals surface area contributed by atoms with Gasteiger partial charge in [0, 0.05) is 212 Å². The molecule has 730 valence electrons. The van der Waals surface area contributed by atoms with Crippen molar-refractivity contribution in [1.29, 1.82) is 0 Å². The zero-order valence-electron chi connectivity index (χ0n) is 73.5. The zero-order chi connectivity index (χ0) is 96.5. The van der Waals surface area contributed by atoms with Crippen molar-refractivity contribution < 1.29 is 204 Å². The molecule has 139 heavy (non-hydrogen) atoms. The number of hydrogen-bond acceptors (Lipinski definition) is 17. The number of pyridine rings is 9. The summed E-state index contributed by atoms with van der Waals surface area (Å²) in [5, 5.41) is 42.0. The first-order valence-electron chi connectivity index (χ1n) is 39.3. The summed E-state index contributed by atoms with van der Waals surface area (Å²) in [6.07, 6.45) is 7.79. The van der Waals surface area contributed by atoms with Crippen LogP contribution in [-0.2, 0) is 143 Å². The Morgan fingerprint density at radius 1 is 0.353 bits per heavy atom. The molecule has 36 heteroatoms. The van der Waals surface area contributed by atoms with Crippen molar-refractivity contribution in [1.82, 2.24) is 60.0 Å². The molecule has 7 aromatic carbocycles. The fourth-order valence-corrected chi connectivity index (χ4v) is 10.5. The molecule has 10 aromatic heterocycles. The van der Waals surface area contributed by atoms with Crippen molar-refractivity contribution in [2.24, 2.45) is 0 Å². The van der Waals surface area contributed by atoms with Gasteiger partial charge in [-0.05, 0) is 157 Å². The summed E-state index contributed by atoms with van der Waals surface area (Å²) in [5.41, 5.74) is 9.61. The molecular formula is C103H79F10Ir6N12O8-7. The molecule has 0 saturated carbocycles. The Labute approximate surface area is 875 Å². The minimum atomic E-state index is -4.57. The van der Waals surface area contributed by atoms with E-state index in [1.54, 1.807) is 135 Å². The molecule has 6 radical (unpaired) electrons. The summed E-state index contributed by atoms with van der Waals surface area (Å²) in [6, 6.07) is 96.9. The minimum Gasteiger partial charge on any atom is -0.512 e. The Balaban J connectivity index is 0.000000769. The molecule has 0 fully saturated rings. The molecule has 0 spiro atoms. The Bertz CT molecular complexity index is 6280. The van der Waals surface area contributed by atoms with Crippen LogP contribution in [0.1, 0.15) is 71.2 Å². The number of allylic oxidation sites excluding steroid dienone is 4. The van der Waals surface area contributed by atoms with Gasteiger partial charge in [0.25, 0.3) is 0 Å². The molecular weight excluding hydrogens is 2880 g/mol. The first-order chi connectivity index (χ1) is 63.7. The van der Waals surface area contributed by atoms with E-state index in [9.17, 15) is 63.1 Å². The topological polar surface area (TPSA) is 305 Å². The van der Waals surface area contributed by atoms with Gasteiger partial charge in [-0.2, -0.15) is 26.3 Å². The largest absolute Gasteiger partial charge is 0.512 e. The maximum Gasteiger partial charge on any atom is 0.429 e. The van der Waals surface area contributed by atoms with Gasteiger partial charge in [0.15, 0.2) is 11.6 Å². The molecule has 4 N–H and O–H groups in total. The van der Waals surface area contributed by atoms with Gasteiger partial charge >= 0.3 is 24.3 Å². The van der Waals surface area contributed by atoms with E-state index in [0.29, 0.717) is 28.2 Å². The van der Waals surface area contributed by atoms with Crippen LogP contribution in [0.4, 0.5) is 43.9 Å². The van der Waals surface area contributed by atoms with Gasteiger partial charge in [0.05, 0.1) is 17.2 Å². The molecule has 0 unspecified atom stereocenters. The number of fused-ring (bicyclic) bond motifs is 1. The van der Waals surface area contributed by atoms with Crippen molar-refractivity contribution in [2.45, 2.75) is 53.9 Å². The number of nitrogens with zero attached hydrogens (tertiary/aromatic N) is 12. The molecule has 0 saturated heterocycles. The number of benzene rings is 7. The number of aryl methyl sites for hydroxylation is 2. The van der Waals surface area contributed by atoms with Gasteiger partial charge in [-0.15, -0.1) is 161 Å². The molecule has 0 aliphatic carbocycles. The molecule has 0 aliphatic heterocycles. The number of carbonyl (C=O) groups is 4. The van der Waals surface area contributed by atoms with E-state index >= 15 is 0 Å². The van der Waals surface area contributed by atoms with Gasteiger partial charge in [0.2, 0.25) is 0 Å². The van der Waals surface area contributed by atoms with E-state index in [0.717, 1.165) is 64.1 Å². The van der Waals surface area contributed by atoms with Crippen LogP contribution in [0.2, 0.25) is 0 Å². The zero-order valence-corrected chi connectivity index (χ0v) is 87.8. The fraction of sp³-hybridized carbons (Fsp3) is 0.0777. The molecule has 0 amide bonds. The number of carbonyl (C=O) groups excluding carboxylic acids is 2. The van der Waals surface area contributed by atoms with E-state index in [4.69, 9.17) is 20.4 Å². The van der Waals surface area contributed by atoms with Crippen molar-refractivity contribution in [2.75, 3.05) is 0 Å². The van der Waals surface area contributed by atoms with Crippen LogP contribution in [-0.4, -0.2) is 98.9 Å². The third kappa shape index (κ3) is 46.7. The molecule has 0 atom stereocenters. The normalized spacial score (nSPS) is 9.99. The Morgan fingerprint density at radius 2 is 0.734 bits per heavy atom. The fourth-order valence-electron chi connectivity index (χ4n) is 10.5. The second-order valence-corrected chi connectivity index (χ2v) is 26.9. The first kappa shape index (κ1) is 124. The third-order valence-corrected chi connectivity index (χ3v) is 16.2. The van der Waals surface area contributed by atoms with E-state index in [1.807, 2.05) is 121 Å². The van der Waals surface area contributed by atoms with E-state index in [-0.39, 0.29) is 178 Å². The van der Waals surface area contributed by atoms with Crippen LogP contribution in [0.3, 0.4) is 0 Å². The number of alkyl halides is 6. The number of aliphatic hydroxyl groups excluding tert-OH is 2. The molecule has 10 heterocycles. The van der Waals surface area contributed by atoms with Gasteiger partial charge in [-0.1, -0.05) is 140 Å². The number of rotatable bonds is 11. The molecule has 0 aliphatic rings. The van der Waals surface area contributed by atoms with Crippen molar-refractivity contribution in [3.63, 3.8) is 0 Å². The van der Waals surface area contributed by atoms with Crippen molar-refractivity contribution >= 4 is 34.3 Å². The van der Waals surface area contributed by atoms with Crippen molar-refractivity contribution in [3.8, 4) is 79.1 Å². The quantitative estimate of drug-likeness (QED) is 0.0405. The monoisotopic (exact) mass is 2960 g/mol. The molecule has 17 aromatic rings. The van der Waals surface area contributed by atoms with Gasteiger partial charge in [0.1, 0.15) is 17.2 Å². The SMILES string of the molecule is CC(=O)C=C(C)O.CC(=O)C=C(C)O.Cc1c[c-]c(-c2ccccn2)cc1.Cc1cc(-c2ccccn2)[c-]c(C(F)(F)F)c1.FC(F)(F)c1n[n-]c(-c2ccccn2)n1.Fc1c[c-]c(-c2ccccn2)c(F)c1.Fc1c[c-]c(-c2ccccn2)c(F)c1.O=C(O)c1ccccn1.O=C(O)c1ccccn1.[Ir].[Ir].[Ir].[Ir].[Ir].[Ir].[c-]1ccccc1-c1ccccn1.[c-]1ccccc1-c1nccc2ccccc12. The van der Waals surface area contributed by atoms with Gasteiger partial charge in [-0.3, -0.25) is 37.2 Å². The smallest absolute Gasteiger partial charge is 0.429 e. The number of halogens is 10. The minimum absolute atomic E-state index is 0. The number of aromatic nitrogens is 12. The Morgan fingerprint density at radius 3 is 1.06 bits per heavy atom. The van der Waals surface area contributed by atoms with Crippen LogP contribution in [0.15, 0.2) is 358 Å². The third-order valence-electron chi connectivity index (χ3n) is 16.2. The predicted molar refractivity (Wildman–Crippen MR) is 483 cm³/mol. The van der Waals surface area contributed by atoms with Gasteiger partial charge in [-0.25, -0.2) is 19.6 Å². The average molecular weight is 2960 g/mol.